The highest BCUT2D eigenvalue weighted by atomic mass is 19.1. The van der Waals surface area contributed by atoms with Crippen LogP contribution in [0.4, 0.5) is 4.39 Å². The lowest BCUT2D eigenvalue weighted by Gasteiger charge is -2.17. The molecule has 2 atom stereocenters. The first-order chi connectivity index (χ1) is 9.35. The Kier molecular flexibility index (Phi) is 5.45. The molecule has 0 spiro atoms. The van der Waals surface area contributed by atoms with Gasteiger partial charge in [0.15, 0.2) is 11.6 Å². The summed E-state index contributed by atoms with van der Waals surface area (Å²) in [5, 5.41) is 11.1. The summed E-state index contributed by atoms with van der Waals surface area (Å²) in [6.45, 7) is 1.65. The SMILES string of the molecule is COc1ccc(C(C)NC(=O)C(N)CC(=O)O)cc1F. The van der Waals surface area contributed by atoms with Crippen LogP contribution in [0.5, 0.6) is 5.75 Å². The van der Waals surface area contributed by atoms with E-state index < -0.39 is 36.2 Å². The van der Waals surface area contributed by atoms with Crippen molar-refractivity contribution >= 4 is 11.9 Å². The average molecular weight is 284 g/mol. The van der Waals surface area contributed by atoms with E-state index in [4.69, 9.17) is 15.6 Å². The normalized spacial score (nSPS) is 13.4. The van der Waals surface area contributed by atoms with Crippen LogP contribution in [-0.2, 0) is 9.59 Å². The molecule has 0 radical (unpaired) electrons. The molecule has 110 valence electrons. The monoisotopic (exact) mass is 284 g/mol. The number of hydrogen-bond donors (Lipinski definition) is 3. The number of rotatable bonds is 6. The molecule has 1 aromatic rings. The first-order valence-electron chi connectivity index (χ1n) is 5.96. The summed E-state index contributed by atoms with van der Waals surface area (Å²) in [6, 6.07) is 2.66. The van der Waals surface area contributed by atoms with Crippen molar-refractivity contribution in [3.05, 3.63) is 29.6 Å². The number of halogens is 1. The number of methoxy groups -OCH3 is 1. The molecule has 0 saturated heterocycles. The molecule has 0 aliphatic carbocycles. The summed E-state index contributed by atoms with van der Waals surface area (Å²) in [6.07, 6.45) is -0.463. The third-order valence-electron chi connectivity index (χ3n) is 2.77. The molecule has 20 heavy (non-hydrogen) atoms. The summed E-state index contributed by atoms with van der Waals surface area (Å²) in [5.41, 5.74) is 5.96. The molecule has 4 N–H and O–H groups in total. The number of carbonyl (C=O) groups is 2. The van der Waals surface area contributed by atoms with Crippen molar-refractivity contribution in [2.45, 2.75) is 25.4 Å². The van der Waals surface area contributed by atoms with Crippen molar-refractivity contribution in [2.24, 2.45) is 5.73 Å². The summed E-state index contributed by atoms with van der Waals surface area (Å²) < 4.78 is 18.3. The Morgan fingerprint density at radius 3 is 2.65 bits per heavy atom. The molecule has 0 bridgehead atoms. The van der Waals surface area contributed by atoms with Crippen molar-refractivity contribution in [1.82, 2.24) is 5.32 Å². The van der Waals surface area contributed by atoms with Crippen molar-refractivity contribution in [2.75, 3.05) is 7.11 Å². The number of amides is 1. The number of ether oxygens (including phenoxy) is 1. The second-order valence-electron chi connectivity index (χ2n) is 4.33. The van der Waals surface area contributed by atoms with Gasteiger partial charge in [-0.15, -0.1) is 0 Å². The first-order valence-corrected chi connectivity index (χ1v) is 5.96. The molecule has 6 nitrogen and oxygen atoms in total. The van der Waals surface area contributed by atoms with Gasteiger partial charge in [-0.3, -0.25) is 9.59 Å². The lowest BCUT2D eigenvalue weighted by molar-refractivity contribution is -0.139. The van der Waals surface area contributed by atoms with Gasteiger partial charge < -0.3 is 20.9 Å². The van der Waals surface area contributed by atoms with Crippen LogP contribution in [-0.4, -0.2) is 30.1 Å². The minimum Gasteiger partial charge on any atom is -0.494 e. The maximum absolute atomic E-state index is 13.5. The van der Waals surface area contributed by atoms with Crippen molar-refractivity contribution in [3.8, 4) is 5.75 Å². The molecule has 7 heteroatoms. The van der Waals surface area contributed by atoms with Crippen molar-refractivity contribution in [1.29, 1.82) is 0 Å². The lowest BCUT2D eigenvalue weighted by atomic mass is 10.1. The summed E-state index contributed by atoms with van der Waals surface area (Å²) in [7, 11) is 1.36. The molecule has 0 saturated carbocycles. The fourth-order valence-electron chi connectivity index (χ4n) is 1.64. The van der Waals surface area contributed by atoms with Gasteiger partial charge in [-0.25, -0.2) is 4.39 Å². The molecule has 2 unspecified atom stereocenters. The summed E-state index contributed by atoms with van der Waals surface area (Å²) in [4.78, 5) is 22.1. The molecule has 0 fully saturated rings. The molecule has 1 amide bonds. The number of nitrogens with two attached hydrogens (primary N) is 1. The predicted molar refractivity (Wildman–Crippen MR) is 69.7 cm³/mol. The zero-order valence-corrected chi connectivity index (χ0v) is 11.2. The van der Waals surface area contributed by atoms with E-state index >= 15 is 0 Å². The van der Waals surface area contributed by atoms with Gasteiger partial charge in [-0.2, -0.15) is 0 Å². The van der Waals surface area contributed by atoms with E-state index in [0.717, 1.165) is 0 Å². The Morgan fingerprint density at radius 1 is 1.50 bits per heavy atom. The number of carboxylic acids is 1. The third-order valence-corrected chi connectivity index (χ3v) is 2.77. The standard InChI is InChI=1S/C13H17FN2O4/c1-7(16-13(19)10(15)6-12(17)18)8-3-4-11(20-2)9(14)5-8/h3-5,7,10H,6,15H2,1-2H3,(H,16,19)(H,17,18). The van der Waals surface area contributed by atoms with E-state index in [1.165, 1.54) is 19.2 Å². The van der Waals surface area contributed by atoms with Gasteiger partial charge in [0.2, 0.25) is 5.91 Å². The molecule has 1 rings (SSSR count). The number of benzene rings is 1. The van der Waals surface area contributed by atoms with Crippen LogP contribution in [0.2, 0.25) is 0 Å². The average Bonchev–Trinajstić information content (AvgIpc) is 2.37. The van der Waals surface area contributed by atoms with Gasteiger partial charge in [0, 0.05) is 0 Å². The second kappa shape index (κ2) is 6.85. The third kappa shape index (κ3) is 4.20. The first kappa shape index (κ1) is 15.9. The van der Waals surface area contributed by atoms with Gasteiger partial charge in [0.25, 0.3) is 0 Å². The van der Waals surface area contributed by atoms with E-state index in [1.54, 1.807) is 13.0 Å². The predicted octanol–water partition coefficient (Wildman–Crippen LogP) is 0.814. The lowest BCUT2D eigenvalue weighted by Crippen LogP contribution is -2.42. The van der Waals surface area contributed by atoms with Gasteiger partial charge in [0.05, 0.1) is 25.6 Å². The zero-order chi connectivity index (χ0) is 15.3. The van der Waals surface area contributed by atoms with Crippen LogP contribution >= 0.6 is 0 Å². The highest BCUT2D eigenvalue weighted by molar-refractivity contribution is 5.86. The number of nitrogens with one attached hydrogen (secondary N) is 1. The molecule has 0 aliphatic heterocycles. The zero-order valence-electron chi connectivity index (χ0n) is 11.2. The maximum atomic E-state index is 13.5. The smallest absolute Gasteiger partial charge is 0.305 e. The highest BCUT2D eigenvalue weighted by Gasteiger charge is 2.19. The van der Waals surface area contributed by atoms with Crippen LogP contribution < -0.4 is 15.8 Å². The molecule has 0 aliphatic rings. The van der Waals surface area contributed by atoms with E-state index in [0.29, 0.717) is 5.56 Å². The highest BCUT2D eigenvalue weighted by Crippen LogP contribution is 2.21. The van der Waals surface area contributed by atoms with Crippen molar-refractivity contribution < 1.29 is 23.8 Å². The maximum Gasteiger partial charge on any atom is 0.305 e. The number of aliphatic carboxylic acids is 1. The molecular weight excluding hydrogens is 267 g/mol. The quantitative estimate of drug-likeness (QED) is 0.717. The second-order valence-corrected chi connectivity index (χ2v) is 4.33. The van der Waals surface area contributed by atoms with Crippen LogP contribution in [0.1, 0.15) is 24.9 Å². The number of carboxylic acid groups (broad SMARTS) is 1. The fraction of sp³-hybridized carbons (Fsp3) is 0.385. The Balaban J connectivity index is 2.71. The fourth-order valence-corrected chi connectivity index (χ4v) is 1.64. The Morgan fingerprint density at radius 2 is 2.15 bits per heavy atom. The number of hydrogen-bond acceptors (Lipinski definition) is 4. The molecule has 1 aromatic carbocycles. The molecular formula is C13H17FN2O4. The molecule has 0 heterocycles. The Labute approximate surface area is 115 Å². The van der Waals surface area contributed by atoms with Gasteiger partial charge in [0.1, 0.15) is 0 Å². The van der Waals surface area contributed by atoms with Gasteiger partial charge >= 0.3 is 5.97 Å². The minimum absolute atomic E-state index is 0.106. The Hall–Kier alpha value is -2.15. The van der Waals surface area contributed by atoms with Crippen LogP contribution in [0.25, 0.3) is 0 Å². The van der Waals surface area contributed by atoms with Crippen molar-refractivity contribution in [3.63, 3.8) is 0 Å². The van der Waals surface area contributed by atoms with Gasteiger partial charge in [-0.1, -0.05) is 6.07 Å². The van der Waals surface area contributed by atoms with E-state index in [-0.39, 0.29) is 5.75 Å². The van der Waals surface area contributed by atoms with Crippen LogP contribution in [0.15, 0.2) is 18.2 Å². The van der Waals surface area contributed by atoms with Crippen LogP contribution in [0.3, 0.4) is 0 Å². The van der Waals surface area contributed by atoms with E-state index in [9.17, 15) is 14.0 Å². The molecule has 0 aromatic heterocycles. The van der Waals surface area contributed by atoms with E-state index in [2.05, 4.69) is 5.32 Å². The number of carbonyl (C=O) groups excluding carboxylic acids is 1. The minimum atomic E-state index is -1.16. The topological polar surface area (TPSA) is 102 Å². The Bertz CT molecular complexity index is 507. The summed E-state index contributed by atoms with van der Waals surface area (Å²) >= 11 is 0. The summed E-state index contributed by atoms with van der Waals surface area (Å²) in [5.74, 6) is -2.19. The van der Waals surface area contributed by atoms with Gasteiger partial charge in [-0.05, 0) is 24.6 Å². The van der Waals surface area contributed by atoms with Crippen LogP contribution in [0, 0.1) is 5.82 Å². The van der Waals surface area contributed by atoms with E-state index in [1.807, 2.05) is 0 Å². The largest absolute Gasteiger partial charge is 0.494 e.